The SMILES string of the molecule is CCOC(=O)C1=C(C)N=c2s/c(=C/c3ccccc3OCc3ccc(Br)cc3)c(=O)n2[C@@H]1c1cccc2ccccc12. The van der Waals surface area contributed by atoms with Crippen LogP contribution in [0.25, 0.3) is 16.8 Å². The van der Waals surface area contributed by atoms with Crippen LogP contribution in [0.5, 0.6) is 5.75 Å². The Morgan fingerprint density at radius 2 is 1.74 bits per heavy atom. The summed E-state index contributed by atoms with van der Waals surface area (Å²) in [6.07, 6.45) is 1.84. The Morgan fingerprint density at radius 1 is 1.00 bits per heavy atom. The average molecular weight is 640 g/mol. The predicted molar refractivity (Wildman–Crippen MR) is 169 cm³/mol. The van der Waals surface area contributed by atoms with E-state index < -0.39 is 12.0 Å². The van der Waals surface area contributed by atoms with Crippen LogP contribution in [0.2, 0.25) is 0 Å². The lowest BCUT2D eigenvalue weighted by Crippen LogP contribution is -2.40. The van der Waals surface area contributed by atoms with Crippen molar-refractivity contribution >= 4 is 50.1 Å². The van der Waals surface area contributed by atoms with Crippen LogP contribution < -0.4 is 19.6 Å². The number of benzene rings is 4. The van der Waals surface area contributed by atoms with Crippen LogP contribution in [0.3, 0.4) is 0 Å². The predicted octanol–water partition coefficient (Wildman–Crippen LogP) is 6.29. The van der Waals surface area contributed by atoms with Gasteiger partial charge in [0.25, 0.3) is 5.56 Å². The number of rotatable bonds is 7. The van der Waals surface area contributed by atoms with Crippen molar-refractivity contribution in [3.05, 3.63) is 143 Å². The summed E-state index contributed by atoms with van der Waals surface area (Å²) in [4.78, 5) is 32.7. The summed E-state index contributed by atoms with van der Waals surface area (Å²) in [6, 6.07) is 28.8. The molecule has 1 aliphatic rings. The fraction of sp³-hybridized carbons (Fsp3) is 0.147. The number of esters is 1. The van der Waals surface area contributed by atoms with Gasteiger partial charge in [0.1, 0.15) is 12.4 Å². The number of nitrogens with zero attached hydrogens (tertiary/aromatic N) is 2. The Morgan fingerprint density at radius 3 is 2.55 bits per heavy atom. The molecule has 42 heavy (non-hydrogen) atoms. The van der Waals surface area contributed by atoms with E-state index in [9.17, 15) is 9.59 Å². The lowest BCUT2D eigenvalue weighted by Gasteiger charge is -2.25. The van der Waals surface area contributed by atoms with Crippen LogP contribution in [-0.4, -0.2) is 17.1 Å². The zero-order chi connectivity index (χ0) is 29.2. The molecule has 1 atom stereocenters. The molecule has 0 saturated carbocycles. The molecule has 0 amide bonds. The largest absolute Gasteiger partial charge is 0.488 e. The zero-order valence-corrected chi connectivity index (χ0v) is 25.4. The second kappa shape index (κ2) is 11.9. The number of aromatic nitrogens is 1. The smallest absolute Gasteiger partial charge is 0.338 e. The Kier molecular flexibility index (Phi) is 7.91. The number of allylic oxidation sites excluding steroid dienone is 1. The molecular weight excluding hydrogens is 612 g/mol. The van der Waals surface area contributed by atoms with Gasteiger partial charge in [-0.1, -0.05) is 100 Å². The van der Waals surface area contributed by atoms with Crippen LogP contribution >= 0.6 is 27.3 Å². The minimum absolute atomic E-state index is 0.222. The van der Waals surface area contributed by atoms with Crippen molar-refractivity contribution in [2.75, 3.05) is 6.61 Å². The summed E-state index contributed by atoms with van der Waals surface area (Å²) >= 11 is 4.76. The highest BCUT2D eigenvalue weighted by atomic mass is 79.9. The lowest BCUT2D eigenvalue weighted by atomic mass is 9.91. The van der Waals surface area contributed by atoms with Gasteiger partial charge in [-0.05, 0) is 60.0 Å². The van der Waals surface area contributed by atoms with Gasteiger partial charge in [0.2, 0.25) is 0 Å². The van der Waals surface area contributed by atoms with Crippen LogP contribution in [-0.2, 0) is 16.1 Å². The second-order valence-corrected chi connectivity index (χ2v) is 11.7. The van der Waals surface area contributed by atoms with Crippen molar-refractivity contribution in [1.82, 2.24) is 4.57 Å². The highest BCUT2D eigenvalue weighted by Crippen LogP contribution is 2.35. The monoisotopic (exact) mass is 638 g/mol. The van der Waals surface area contributed by atoms with E-state index in [2.05, 4.69) is 15.9 Å². The molecule has 0 radical (unpaired) electrons. The third kappa shape index (κ3) is 5.35. The Hall–Kier alpha value is -4.27. The molecule has 2 heterocycles. The summed E-state index contributed by atoms with van der Waals surface area (Å²) < 4.78 is 14.8. The second-order valence-electron chi connectivity index (χ2n) is 9.82. The van der Waals surface area contributed by atoms with E-state index in [1.807, 2.05) is 97.1 Å². The fourth-order valence-electron chi connectivity index (χ4n) is 5.19. The van der Waals surface area contributed by atoms with Gasteiger partial charge in [-0.2, -0.15) is 0 Å². The number of thiazole rings is 1. The molecule has 210 valence electrons. The molecule has 0 unspecified atom stereocenters. The summed E-state index contributed by atoms with van der Waals surface area (Å²) in [7, 11) is 0. The van der Waals surface area contributed by atoms with E-state index in [1.165, 1.54) is 11.3 Å². The molecule has 0 bridgehead atoms. The molecule has 6 nitrogen and oxygen atoms in total. The number of carbonyl (C=O) groups is 1. The highest BCUT2D eigenvalue weighted by molar-refractivity contribution is 9.10. The molecule has 0 saturated heterocycles. The van der Waals surface area contributed by atoms with Crippen LogP contribution in [0, 0.1) is 0 Å². The van der Waals surface area contributed by atoms with E-state index in [0.29, 0.717) is 33.0 Å². The Labute approximate surface area is 255 Å². The fourth-order valence-corrected chi connectivity index (χ4v) is 6.49. The van der Waals surface area contributed by atoms with Gasteiger partial charge < -0.3 is 9.47 Å². The van der Waals surface area contributed by atoms with Crippen LogP contribution in [0.15, 0.2) is 117 Å². The van der Waals surface area contributed by atoms with Crippen molar-refractivity contribution < 1.29 is 14.3 Å². The first-order chi connectivity index (χ1) is 20.4. The number of halogens is 1. The first-order valence-electron chi connectivity index (χ1n) is 13.6. The van der Waals surface area contributed by atoms with E-state index in [0.717, 1.165) is 31.9 Å². The summed E-state index contributed by atoms with van der Waals surface area (Å²) in [5.41, 5.74) is 3.33. The van der Waals surface area contributed by atoms with Crippen molar-refractivity contribution in [3.63, 3.8) is 0 Å². The molecule has 0 aliphatic carbocycles. The van der Waals surface area contributed by atoms with Gasteiger partial charge in [0.05, 0.1) is 28.5 Å². The van der Waals surface area contributed by atoms with Crippen molar-refractivity contribution in [2.24, 2.45) is 4.99 Å². The number of carbonyl (C=O) groups excluding carboxylic acids is 1. The molecule has 5 aromatic rings. The normalized spacial score (nSPS) is 14.9. The molecule has 0 N–H and O–H groups in total. The molecule has 0 spiro atoms. The molecule has 8 heteroatoms. The summed E-state index contributed by atoms with van der Waals surface area (Å²) in [5.74, 6) is 0.193. The molecule has 6 rings (SSSR count). The van der Waals surface area contributed by atoms with Crippen LogP contribution in [0.1, 0.15) is 36.6 Å². The number of hydrogen-bond acceptors (Lipinski definition) is 6. The first-order valence-corrected chi connectivity index (χ1v) is 15.2. The standard InChI is InChI=1S/C34H27BrN2O4S/c1-3-40-33(39)30-21(2)36-34-37(31(30)27-13-8-11-23-9-4-6-12-26(23)27)32(38)29(42-34)19-24-10-5-7-14-28(24)41-20-22-15-17-25(35)18-16-22/h4-19,31H,3,20H2,1-2H3/b29-19+/t31-/m1/s1. The van der Waals surface area contributed by atoms with E-state index in [4.69, 9.17) is 14.5 Å². The maximum atomic E-state index is 14.2. The molecule has 1 aromatic heterocycles. The van der Waals surface area contributed by atoms with E-state index >= 15 is 0 Å². The van der Waals surface area contributed by atoms with Gasteiger partial charge >= 0.3 is 5.97 Å². The zero-order valence-electron chi connectivity index (χ0n) is 23.0. The minimum atomic E-state index is -0.683. The number of ether oxygens (including phenoxy) is 2. The van der Waals surface area contributed by atoms with Crippen molar-refractivity contribution in [2.45, 2.75) is 26.5 Å². The topological polar surface area (TPSA) is 69.9 Å². The highest BCUT2D eigenvalue weighted by Gasteiger charge is 2.34. The molecule has 1 aliphatic heterocycles. The maximum Gasteiger partial charge on any atom is 0.338 e. The van der Waals surface area contributed by atoms with Gasteiger partial charge in [0.15, 0.2) is 4.80 Å². The maximum absolute atomic E-state index is 14.2. The molecular formula is C34H27BrN2O4S. The van der Waals surface area contributed by atoms with E-state index in [1.54, 1.807) is 18.4 Å². The minimum Gasteiger partial charge on any atom is -0.488 e. The molecule has 4 aromatic carbocycles. The third-order valence-electron chi connectivity index (χ3n) is 7.15. The Balaban J connectivity index is 1.48. The van der Waals surface area contributed by atoms with E-state index in [-0.39, 0.29) is 12.2 Å². The van der Waals surface area contributed by atoms with Gasteiger partial charge in [0, 0.05) is 10.0 Å². The quantitative estimate of drug-likeness (QED) is 0.196. The third-order valence-corrected chi connectivity index (χ3v) is 8.66. The van der Waals surface area contributed by atoms with Gasteiger partial charge in [-0.15, -0.1) is 0 Å². The van der Waals surface area contributed by atoms with Crippen molar-refractivity contribution in [3.8, 4) is 5.75 Å². The molecule has 0 fully saturated rings. The number of hydrogen-bond donors (Lipinski definition) is 0. The van der Waals surface area contributed by atoms with Gasteiger partial charge in [-0.3, -0.25) is 9.36 Å². The number of para-hydroxylation sites is 1. The average Bonchev–Trinajstić information content (AvgIpc) is 3.30. The summed E-state index contributed by atoms with van der Waals surface area (Å²) in [5, 5.41) is 1.98. The Bertz CT molecular complexity index is 2020. The first kappa shape index (κ1) is 27.9. The van der Waals surface area contributed by atoms with Crippen LogP contribution in [0.4, 0.5) is 0 Å². The number of fused-ring (bicyclic) bond motifs is 2. The lowest BCUT2D eigenvalue weighted by molar-refractivity contribution is -0.139. The van der Waals surface area contributed by atoms with Gasteiger partial charge in [-0.25, -0.2) is 9.79 Å². The van der Waals surface area contributed by atoms with Crippen molar-refractivity contribution in [1.29, 1.82) is 0 Å². The summed E-state index contributed by atoms with van der Waals surface area (Å²) in [6.45, 7) is 4.18.